The topological polar surface area (TPSA) is 82.1 Å². The van der Waals surface area contributed by atoms with Crippen molar-refractivity contribution < 1.29 is 33.4 Å². The molecule has 2 heterocycles. The molecule has 7 nitrogen and oxygen atoms in total. The summed E-state index contributed by atoms with van der Waals surface area (Å²) in [5.74, 6) is 1.79. The first kappa shape index (κ1) is 21.8. The van der Waals surface area contributed by atoms with Crippen LogP contribution >= 0.6 is 23.1 Å². The number of nitrogens with zero attached hydrogens (tertiary/aromatic N) is 1. The number of thioether (sulfide) groups is 1. The molecule has 0 fully saturated rings. The normalized spacial score (nSPS) is 17.4. The van der Waals surface area contributed by atoms with Crippen molar-refractivity contribution in [1.82, 2.24) is 0 Å². The zero-order chi connectivity index (χ0) is 19.9. The first-order chi connectivity index (χ1) is 12.8. The number of hydrogen-bond acceptors (Lipinski definition) is 7. The molecule has 1 aliphatic heterocycles. The molecule has 1 aliphatic rings. The molecule has 0 aliphatic carbocycles. The number of carbonyl (C=O) groups is 2. The van der Waals surface area contributed by atoms with Crippen LogP contribution in [0.2, 0.25) is 0 Å². The largest absolute Gasteiger partial charge is 0.485 e. The summed E-state index contributed by atoms with van der Waals surface area (Å²) in [5, 5.41) is 12.6. The van der Waals surface area contributed by atoms with Gasteiger partial charge in [0.15, 0.2) is 11.5 Å². The lowest BCUT2D eigenvalue weighted by Gasteiger charge is -2.29. The molecule has 2 unspecified atom stereocenters. The number of carboxylic acids is 1. The summed E-state index contributed by atoms with van der Waals surface area (Å²) >= 11 is 3.21. The van der Waals surface area contributed by atoms with E-state index >= 15 is 0 Å². The van der Waals surface area contributed by atoms with E-state index < -0.39 is 5.97 Å². The highest BCUT2D eigenvalue weighted by atomic mass is 32.2. The molecular weight excluding hydrogens is 390 g/mol. The molecule has 2 atom stereocenters. The second-order valence-corrected chi connectivity index (χ2v) is 9.10. The molecule has 0 saturated carbocycles. The van der Waals surface area contributed by atoms with Crippen LogP contribution in [0.25, 0.3) is 0 Å². The number of carboxylic acid groups (broad SMARTS) is 1. The Hall–Kier alpha value is -1.45. The second-order valence-electron chi connectivity index (χ2n) is 7.28. The van der Waals surface area contributed by atoms with E-state index in [9.17, 15) is 9.59 Å². The van der Waals surface area contributed by atoms with Crippen LogP contribution in [-0.2, 0) is 14.3 Å². The third-order valence-electron chi connectivity index (χ3n) is 4.26. The van der Waals surface area contributed by atoms with Crippen molar-refractivity contribution in [1.29, 1.82) is 0 Å². The fourth-order valence-electron chi connectivity index (χ4n) is 2.43. The summed E-state index contributed by atoms with van der Waals surface area (Å²) in [6, 6.07) is 0. The predicted molar refractivity (Wildman–Crippen MR) is 106 cm³/mol. The highest BCUT2D eigenvalue weighted by molar-refractivity contribution is 7.99. The smallest absolute Gasteiger partial charge is 0.309 e. The summed E-state index contributed by atoms with van der Waals surface area (Å²) in [6.45, 7) is 3.78. The van der Waals surface area contributed by atoms with Crippen molar-refractivity contribution in [3.8, 4) is 11.5 Å². The van der Waals surface area contributed by atoms with Crippen LogP contribution in [0.15, 0.2) is 10.8 Å². The van der Waals surface area contributed by atoms with Gasteiger partial charge in [-0.2, -0.15) is 11.8 Å². The van der Waals surface area contributed by atoms with Gasteiger partial charge < -0.3 is 23.8 Å². The number of thiophene rings is 1. The van der Waals surface area contributed by atoms with Crippen LogP contribution in [0.3, 0.4) is 0 Å². The molecule has 9 heteroatoms. The summed E-state index contributed by atoms with van der Waals surface area (Å²) < 4.78 is 17.4. The lowest BCUT2D eigenvalue weighted by Crippen LogP contribution is -2.44. The Kier molecular flexibility index (Phi) is 8.25. The van der Waals surface area contributed by atoms with Gasteiger partial charge in [0, 0.05) is 22.3 Å². The van der Waals surface area contributed by atoms with E-state index in [0.717, 1.165) is 17.3 Å². The first-order valence-electron chi connectivity index (χ1n) is 8.90. The molecule has 0 bridgehead atoms. The third kappa shape index (κ3) is 7.59. The average molecular weight is 419 g/mol. The number of rotatable bonds is 11. The van der Waals surface area contributed by atoms with Crippen molar-refractivity contribution in [2.75, 3.05) is 51.9 Å². The molecule has 1 N–H and O–H groups in total. The van der Waals surface area contributed by atoms with Gasteiger partial charge in [-0.25, -0.2) is 0 Å². The Balaban J connectivity index is 1.59. The quantitative estimate of drug-likeness (QED) is 0.436. The van der Waals surface area contributed by atoms with Gasteiger partial charge in [0.05, 0.1) is 33.0 Å². The highest BCUT2D eigenvalue weighted by Gasteiger charge is 2.23. The van der Waals surface area contributed by atoms with Crippen LogP contribution in [0.5, 0.6) is 11.5 Å². The summed E-state index contributed by atoms with van der Waals surface area (Å²) in [6.07, 6.45) is 0.0982. The fraction of sp³-hybridized carbons (Fsp3) is 0.667. The van der Waals surface area contributed by atoms with Crippen molar-refractivity contribution in [3.05, 3.63) is 10.8 Å². The molecule has 0 spiro atoms. The summed E-state index contributed by atoms with van der Waals surface area (Å²) in [5.41, 5.74) is 0. The van der Waals surface area contributed by atoms with Gasteiger partial charge >= 0.3 is 11.9 Å². The number of aliphatic carboxylic acids is 1. The highest BCUT2D eigenvalue weighted by Crippen LogP contribution is 2.35. The fourth-order valence-corrected chi connectivity index (χ4v) is 4.16. The maximum absolute atomic E-state index is 12.1. The standard InChI is InChI=1S/C18H27NO6S2/c1-13(18(22)23-7-6-19(2,3)5-4-17(20)21)9-26-10-14-8-24-15-11-27-12-16(15)25-14/h11-14H,4-10H2,1-3H3/p+1. The van der Waals surface area contributed by atoms with E-state index in [1.54, 1.807) is 23.1 Å². The first-order valence-corrected chi connectivity index (χ1v) is 11.0. The van der Waals surface area contributed by atoms with E-state index in [4.69, 9.17) is 19.3 Å². The van der Waals surface area contributed by atoms with Crippen molar-refractivity contribution in [2.24, 2.45) is 5.92 Å². The number of esters is 1. The number of fused-ring (bicyclic) bond motifs is 1. The minimum atomic E-state index is -0.814. The molecule has 0 amide bonds. The Labute approximate surface area is 168 Å². The van der Waals surface area contributed by atoms with Gasteiger partial charge in [0.2, 0.25) is 0 Å². The number of hydrogen-bond donors (Lipinski definition) is 1. The van der Waals surface area contributed by atoms with E-state index in [2.05, 4.69) is 0 Å². The zero-order valence-corrected chi connectivity index (χ0v) is 17.6. The predicted octanol–water partition coefficient (Wildman–Crippen LogP) is 2.35. The van der Waals surface area contributed by atoms with Crippen molar-refractivity contribution in [3.63, 3.8) is 0 Å². The number of carbonyl (C=O) groups excluding carboxylic acids is 1. The van der Waals surface area contributed by atoms with Gasteiger partial charge in [-0.05, 0) is 0 Å². The van der Waals surface area contributed by atoms with Crippen LogP contribution in [-0.4, -0.2) is 79.5 Å². The lowest BCUT2D eigenvalue weighted by atomic mass is 10.2. The lowest BCUT2D eigenvalue weighted by molar-refractivity contribution is -0.889. The zero-order valence-electron chi connectivity index (χ0n) is 16.0. The van der Waals surface area contributed by atoms with Crippen LogP contribution in [0.1, 0.15) is 13.3 Å². The SMILES string of the molecule is CC(CSCC1COc2cscc2O1)C(=O)OCC[N+](C)(C)CCC(=O)O. The second kappa shape index (κ2) is 10.2. The Morgan fingerprint density at radius 2 is 2.11 bits per heavy atom. The maximum Gasteiger partial charge on any atom is 0.309 e. The molecule has 0 radical (unpaired) electrons. The Morgan fingerprint density at radius 1 is 1.37 bits per heavy atom. The molecule has 152 valence electrons. The molecule has 0 saturated heterocycles. The van der Waals surface area contributed by atoms with E-state index in [-0.39, 0.29) is 24.4 Å². The van der Waals surface area contributed by atoms with E-state index in [1.165, 1.54) is 0 Å². The van der Waals surface area contributed by atoms with Gasteiger partial charge in [0.25, 0.3) is 0 Å². The van der Waals surface area contributed by atoms with Crippen LogP contribution < -0.4 is 9.47 Å². The summed E-state index contributed by atoms with van der Waals surface area (Å²) in [7, 11) is 3.86. The van der Waals surface area contributed by atoms with Gasteiger partial charge in [-0.3, -0.25) is 9.59 Å². The molecule has 1 aromatic heterocycles. The molecule has 27 heavy (non-hydrogen) atoms. The van der Waals surface area contributed by atoms with Gasteiger partial charge in [0.1, 0.15) is 25.9 Å². The molecular formula is C18H28NO6S2+. The van der Waals surface area contributed by atoms with E-state index in [0.29, 0.717) is 36.5 Å². The number of quaternary nitrogens is 1. The maximum atomic E-state index is 12.1. The van der Waals surface area contributed by atoms with Crippen LogP contribution in [0.4, 0.5) is 0 Å². The Bertz CT molecular complexity index is 633. The minimum absolute atomic E-state index is 0.00680. The van der Waals surface area contributed by atoms with Crippen molar-refractivity contribution >= 4 is 35.0 Å². The number of likely N-dealkylation sites (N-methyl/N-ethyl adjacent to an activating group) is 1. The van der Waals surface area contributed by atoms with Gasteiger partial charge in [-0.15, -0.1) is 11.3 Å². The number of ether oxygens (including phenoxy) is 3. The average Bonchev–Trinajstić information content (AvgIpc) is 3.07. The summed E-state index contributed by atoms with van der Waals surface area (Å²) in [4.78, 5) is 22.8. The monoisotopic (exact) mass is 418 g/mol. The molecule has 0 aromatic carbocycles. The van der Waals surface area contributed by atoms with E-state index in [1.807, 2.05) is 31.8 Å². The molecule has 2 rings (SSSR count). The Morgan fingerprint density at radius 3 is 2.85 bits per heavy atom. The molecule has 1 aromatic rings. The van der Waals surface area contributed by atoms with Crippen LogP contribution in [0, 0.1) is 5.92 Å². The minimum Gasteiger partial charge on any atom is -0.485 e. The third-order valence-corrected chi connectivity index (χ3v) is 6.30. The van der Waals surface area contributed by atoms with Crippen molar-refractivity contribution in [2.45, 2.75) is 19.4 Å². The van der Waals surface area contributed by atoms with Gasteiger partial charge in [-0.1, -0.05) is 6.92 Å².